The third kappa shape index (κ3) is 4.75. The highest BCUT2D eigenvalue weighted by atomic mass is 16.5. The van der Waals surface area contributed by atoms with E-state index in [2.05, 4.69) is 20.3 Å². The lowest BCUT2D eigenvalue weighted by molar-refractivity contribution is -0.114. The molecular formula is C26H22N4O4. The average molecular weight is 454 g/mol. The topological polar surface area (TPSA) is 114 Å². The van der Waals surface area contributed by atoms with Crippen LogP contribution in [0.1, 0.15) is 22.8 Å². The van der Waals surface area contributed by atoms with Crippen LogP contribution in [-0.2, 0) is 9.53 Å². The standard InChI is InChI=1S/C26H22N4O4/c1-15-8-13-20(22(32)14-15)25-29-23(17-9-11-18(12-10-17)26(33)34-3)28-24(30-25)19-6-4-5-7-21(19)27-16(2)31/h4-14,32H,1-3H3,(H,27,31). The number of methoxy groups -OCH3 is 1. The molecule has 4 rings (SSSR count). The van der Waals surface area contributed by atoms with Gasteiger partial charge in [-0.15, -0.1) is 0 Å². The lowest BCUT2D eigenvalue weighted by Crippen LogP contribution is -2.08. The van der Waals surface area contributed by atoms with Crippen LogP contribution < -0.4 is 5.32 Å². The largest absolute Gasteiger partial charge is 0.507 e. The maximum atomic E-state index is 11.8. The monoisotopic (exact) mass is 454 g/mol. The van der Waals surface area contributed by atoms with Crippen molar-refractivity contribution in [3.05, 3.63) is 77.9 Å². The van der Waals surface area contributed by atoms with Crippen molar-refractivity contribution in [3.8, 4) is 39.9 Å². The molecule has 170 valence electrons. The van der Waals surface area contributed by atoms with E-state index in [4.69, 9.17) is 4.74 Å². The fraction of sp³-hybridized carbons (Fsp3) is 0.115. The number of para-hydroxylation sites is 1. The lowest BCUT2D eigenvalue weighted by atomic mass is 10.1. The summed E-state index contributed by atoms with van der Waals surface area (Å²) in [6.07, 6.45) is 0. The Balaban J connectivity index is 1.91. The van der Waals surface area contributed by atoms with Gasteiger partial charge < -0.3 is 15.2 Å². The van der Waals surface area contributed by atoms with Gasteiger partial charge >= 0.3 is 5.97 Å². The molecule has 2 N–H and O–H groups in total. The van der Waals surface area contributed by atoms with Gasteiger partial charge in [0.25, 0.3) is 0 Å². The van der Waals surface area contributed by atoms with Crippen molar-refractivity contribution in [2.75, 3.05) is 12.4 Å². The van der Waals surface area contributed by atoms with Crippen LogP contribution in [0.5, 0.6) is 5.75 Å². The predicted molar refractivity (Wildman–Crippen MR) is 128 cm³/mol. The summed E-state index contributed by atoms with van der Waals surface area (Å²) in [5.74, 6) is 0.302. The second-order valence-electron chi connectivity index (χ2n) is 7.62. The number of benzene rings is 3. The van der Waals surface area contributed by atoms with Crippen molar-refractivity contribution in [1.29, 1.82) is 0 Å². The number of esters is 1. The Morgan fingerprint density at radius 1 is 0.853 bits per heavy atom. The number of nitrogens with zero attached hydrogens (tertiary/aromatic N) is 3. The molecule has 3 aromatic carbocycles. The summed E-state index contributed by atoms with van der Waals surface area (Å²) in [6, 6.07) is 19.1. The number of phenolic OH excluding ortho intramolecular Hbond substituents is 1. The molecule has 1 aromatic heterocycles. The Bertz CT molecular complexity index is 1380. The van der Waals surface area contributed by atoms with Gasteiger partial charge in [0.1, 0.15) is 5.75 Å². The molecule has 34 heavy (non-hydrogen) atoms. The molecule has 0 saturated carbocycles. The molecule has 0 unspecified atom stereocenters. The quantitative estimate of drug-likeness (QED) is 0.423. The van der Waals surface area contributed by atoms with E-state index < -0.39 is 5.97 Å². The SMILES string of the molecule is COC(=O)c1ccc(-c2nc(-c3ccc(C)cc3O)nc(-c3ccccc3NC(C)=O)n2)cc1. The number of phenols is 1. The van der Waals surface area contributed by atoms with Gasteiger partial charge in [-0.3, -0.25) is 4.79 Å². The molecule has 0 aliphatic heterocycles. The van der Waals surface area contributed by atoms with Crippen LogP contribution in [0.2, 0.25) is 0 Å². The highest BCUT2D eigenvalue weighted by Crippen LogP contribution is 2.32. The highest BCUT2D eigenvalue weighted by molar-refractivity contribution is 5.93. The summed E-state index contributed by atoms with van der Waals surface area (Å²) in [6.45, 7) is 3.30. The number of carbonyl (C=O) groups excluding carboxylic acids is 2. The number of aromatic hydroxyl groups is 1. The molecule has 0 bridgehead atoms. The number of hydrogen-bond donors (Lipinski definition) is 2. The van der Waals surface area contributed by atoms with Crippen molar-refractivity contribution >= 4 is 17.6 Å². The lowest BCUT2D eigenvalue weighted by Gasteiger charge is -2.12. The third-order valence-corrected chi connectivity index (χ3v) is 5.07. The van der Waals surface area contributed by atoms with E-state index >= 15 is 0 Å². The Morgan fingerprint density at radius 3 is 2.15 bits per heavy atom. The van der Waals surface area contributed by atoms with Gasteiger partial charge in [-0.25, -0.2) is 19.7 Å². The number of hydrogen-bond acceptors (Lipinski definition) is 7. The number of aromatic nitrogens is 3. The Hall–Kier alpha value is -4.59. The van der Waals surface area contributed by atoms with E-state index in [1.807, 2.05) is 19.1 Å². The zero-order valence-corrected chi connectivity index (χ0v) is 18.9. The van der Waals surface area contributed by atoms with Crippen molar-refractivity contribution in [3.63, 3.8) is 0 Å². The number of rotatable bonds is 5. The molecule has 0 aliphatic carbocycles. The van der Waals surface area contributed by atoms with Gasteiger partial charge in [-0.2, -0.15) is 0 Å². The summed E-state index contributed by atoms with van der Waals surface area (Å²) in [4.78, 5) is 37.4. The molecule has 0 saturated heterocycles. The van der Waals surface area contributed by atoms with Crippen molar-refractivity contribution in [2.45, 2.75) is 13.8 Å². The first-order valence-corrected chi connectivity index (χ1v) is 10.5. The van der Waals surface area contributed by atoms with Crippen molar-refractivity contribution in [2.24, 2.45) is 0 Å². The van der Waals surface area contributed by atoms with Crippen LogP contribution in [0, 0.1) is 6.92 Å². The molecule has 0 aliphatic rings. The summed E-state index contributed by atoms with van der Waals surface area (Å²) in [5.41, 5.74) is 3.52. The molecular weight excluding hydrogens is 432 g/mol. The summed E-state index contributed by atoms with van der Waals surface area (Å²) in [5, 5.41) is 13.4. The van der Waals surface area contributed by atoms with Crippen LogP contribution in [0.3, 0.4) is 0 Å². The van der Waals surface area contributed by atoms with E-state index in [9.17, 15) is 14.7 Å². The average Bonchev–Trinajstić information content (AvgIpc) is 2.83. The summed E-state index contributed by atoms with van der Waals surface area (Å²) < 4.78 is 4.76. The molecule has 0 atom stereocenters. The minimum atomic E-state index is -0.447. The van der Waals surface area contributed by atoms with E-state index in [-0.39, 0.29) is 17.5 Å². The first-order valence-electron chi connectivity index (χ1n) is 10.5. The van der Waals surface area contributed by atoms with E-state index in [0.717, 1.165) is 5.56 Å². The van der Waals surface area contributed by atoms with E-state index in [0.29, 0.717) is 39.6 Å². The number of aryl methyl sites for hydroxylation is 1. The second-order valence-corrected chi connectivity index (χ2v) is 7.62. The van der Waals surface area contributed by atoms with Gasteiger partial charge in [0.2, 0.25) is 5.91 Å². The van der Waals surface area contributed by atoms with E-state index in [1.165, 1.54) is 14.0 Å². The first kappa shape index (κ1) is 22.6. The minimum absolute atomic E-state index is 0.0410. The Morgan fingerprint density at radius 2 is 1.50 bits per heavy atom. The summed E-state index contributed by atoms with van der Waals surface area (Å²) >= 11 is 0. The number of carbonyl (C=O) groups is 2. The van der Waals surface area contributed by atoms with Crippen molar-refractivity contribution in [1.82, 2.24) is 15.0 Å². The Kier molecular flexibility index (Phi) is 6.31. The number of nitrogens with one attached hydrogen (secondary N) is 1. The first-order chi connectivity index (χ1) is 16.4. The molecule has 8 nitrogen and oxygen atoms in total. The Labute approximate surface area is 196 Å². The highest BCUT2D eigenvalue weighted by Gasteiger charge is 2.17. The fourth-order valence-electron chi connectivity index (χ4n) is 3.43. The maximum Gasteiger partial charge on any atom is 0.337 e. The normalized spacial score (nSPS) is 10.6. The van der Waals surface area contributed by atoms with Crippen LogP contribution in [0.15, 0.2) is 66.7 Å². The van der Waals surface area contributed by atoms with Gasteiger partial charge in [0, 0.05) is 18.1 Å². The van der Waals surface area contributed by atoms with Crippen LogP contribution in [0.4, 0.5) is 5.69 Å². The summed E-state index contributed by atoms with van der Waals surface area (Å²) in [7, 11) is 1.32. The molecule has 0 fully saturated rings. The molecule has 0 radical (unpaired) electrons. The molecule has 4 aromatic rings. The van der Waals surface area contributed by atoms with Gasteiger partial charge in [0.05, 0.1) is 23.9 Å². The molecule has 1 amide bonds. The van der Waals surface area contributed by atoms with Crippen LogP contribution >= 0.6 is 0 Å². The molecule has 8 heteroatoms. The minimum Gasteiger partial charge on any atom is -0.507 e. The van der Waals surface area contributed by atoms with Gasteiger partial charge in [-0.1, -0.05) is 30.3 Å². The molecule has 0 spiro atoms. The molecule has 1 heterocycles. The van der Waals surface area contributed by atoms with Gasteiger partial charge in [0.15, 0.2) is 17.5 Å². The number of amides is 1. The van der Waals surface area contributed by atoms with E-state index in [1.54, 1.807) is 54.6 Å². The van der Waals surface area contributed by atoms with Crippen LogP contribution in [-0.4, -0.2) is 39.0 Å². The smallest absolute Gasteiger partial charge is 0.337 e. The zero-order valence-electron chi connectivity index (χ0n) is 18.9. The second kappa shape index (κ2) is 9.50. The zero-order chi connectivity index (χ0) is 24.2. The number of ether oxygens (including phenoxy) is 1. The maximum absolute atomic E-state index is 11.8. The van der Waals surface area contributed by atoms with Gasteiger partial charge in [-0.05, 0) is 48.9 Å². The number of anilines is 1. The predicted octanol–water partition coefficient (Wildman–Crippen LogP) is 4.63. The fourth-order valence-corrected chi connectivity index (χ4v) is 3.43. The van der Waals surface area contributed by atoms with Crippen molar-refractivity contribution < 1.29 is 19.4 Å². The van der Waals surface area contributed by atoms with Crippen LogP contribution in [0.25, 0.3) is 34.2 Å². The third-order valence-electron chi connectivity index (χ3n) is 5.07.